The molecule has 3 rings (SSSR count). The molecule has 0 aromatic carbocycles. The molecule has 136 valence electrons. The van der Waals surface area contributed by atoms with Crippen molar-refractivity contribution in [3.05, 3.63) is 30.1 Å². The van der Waals surface area contributed by atoms with Crippen molar-refractivity contribution >= 4 is 11.8 Å². The van der Waals surface area contributed by atoms with Gasteiger partial charge in [0.25, 0.3) is 0 Å². The number of rotatable bonds is 5. The highest BCUT2D eigenvalue weighted by molar-refractivity contribution is 5.89. The molecule has 0 radical (unpaired) electrons. The largest absolute Gasteiger partial charge is 0.337 e. The number of hydrogen-bond acceptors (Lipinski definition) is 3. The highest BCUT2D eigenvalue weighted by atomic mass is 16.2. The standard InChI is InChI=1S/C20H29N3O2/c1-2-22(15-16-10-12-21-13-11-16)20(25)18-9-6-14-23(18)19(24)17-7-4-3-5-8-17/h10-13,17-18H,2-9,14-15H2,1H3/t18-/m0/s1. The quantitative estimate of drug-likeness (QED) is 0.826. The van der Waals surface area contributed by atoms with Gasteiger partial charge in [-0.15, -0.1) is 0 Å². The van der Waals surface area contributed by atoms with E-state index < -0.39 is 0 Å². The molecule has 1 aliphatic carbocycles. The second kappa shape index (κ2) is 8.45. The van der Waals surface area contributed by atoms with Crippen LogP contribution in [0, 0.1) is 5.92 Å². The maximum Gasteiger partial charge on any atom is 0.245 e. The normalized spacial score (nSPS) is 21.3. The van der Waals surface area contributed by atoms with E-state index in [2.05, 4.69) is 4.98 Å². The molecular weight excluding hydrogens is 314 g/mol. The van der Waals surface area contributed by atoms with E-state index >= 15 is 0 Å². The van der Waals surface area contributed by atoms with Gasteiger partial charge in [0, 0.05) is 37.9 Å². The van der Waals surface area contributed by atoms with Crippen LogP contribution in [0.2, 0.25) is 0 Å². The number of carbonyl (C=O) groups is 2. The molecule has 1 saturated heterocycles. The highest BCUT2D eigenvalue weighted by Crippen LogP contribution is 2.29. The Morgan fingerprint density at radius 3 is 2.52 bits per heavy atom. The molecule has 5 nitrogen and oxygen atoms in total. The van der Waals surface area contributed by atoms with Crippen LogP contribution in [0.15, 0.2) is 24.5 Å². The van der Waals surface area contributed by atoms with Gasteiger partial charge in [0.05, 0.1) is 0 Å². The lowest BCUT2D eigenvalue weighted by molar-refractivity contribution is -0.146. The predicted octanol–water partition coefficient (Wildman–Crippen LogP) is 3.00. The third kappa shape index (κ3) is 4.20. The van der Waals surface area contributed by atoms with Crippen LogP contribution >= 0.6 is 0 Å². The molecule has 2 heterocycles. The second-order valence-corrected chi connectivity index (χ2v) is 7.23. The molecule has 0 unspecified atom stereocenters. The van der Waals surface area contributed by atoms with Crippen molar-refractivity contribution in [3.63, 3.8) is 0 Å². The number of amides is 2. The molecule has 2 fully saturated rings. The minimum Gasteiger partial charge on any atom is -0.337 e. The monoisotopic (exact) mass is 343 g/mol. The van der Waals surface area contributed by atoms with Crippen LogP contribution in [0.1, 0.15) is 57.4 Å². The van der Waals surface area contributed by atoms with E-state index in [0.29, 0.717) is 13.1 Å². The molecule has 25 heavy (non-hydrogen) atoms. The Morgan fingerprint density at radius 1 is 1.12 bits per heavy atom. The average Bonchev–Trinajstić information content (AvgIpc) is 3.16. The third-order valence-corrected chi connectivity index (χ3v) is 5.59. The summed E-state index contributed by atoms with van der Waals surface area (Å²) in [7, 11) is 0. The first-order chi connectivity index (χ1) is 12.2. The molecular formula is C20H29N3O2. The highest BCUT2D eigenvalue weighted by Gasteiger charge is 2.38. The minimum absolute atomic E-state index is 0.0981. The van der Waals surface area contributed by atoms with E-state index in [-0.39, 0.29) is 23.8 Å². The fraction of sp³-hybridized carbons (Fsp3) is 0.650. The number of nitrogens with zero attached hydrogens (tertiary/aromatic N) is 3. The molecule has 1 saturated carbocycles. The van der Waals surface area contributed by atoms with E-state index in [9.17, 15) is 9.59 Å². The van der Waals surface area contributed by atoms with Crippen LogP contribution < -0.4 is 0 Å². The van der Waals surface area contributed by atoms with Crippen LogP contribution in [-0.2, 0) is 16.1 Å². The van der Waals surface area contributed by atoms with E-state index in [4.69, 9.17) is 0 Å². The number of likely N-dealkylation sites (N-methyl/N-ethyl adjacent to an activating group) is 1. The molecule has 2 aliphatic rings. The summed E-state index contributed by atoms with van der Waals surface area (Å²) >= 11 is 0. The summed E-state index contributed by atoms with van der Waals surface area (Å²) in [4.78, 5) is 33.8. The van der Waals surface area contributed by atoms with Gasteiger partial charge >= 0.3 is 0 Å². The summed E-state index contributed by atoms with van der Waals surface area (Å²) in [5.74, 6) is 0.453. The first-order valence-electron chi connectivity index (χ1n) is 9.69. The van der Waals surface area contributed by atoms with Crippen LogP contribution in [-0.4, -0.2) is 45.7 Å². The maximum absolute atomic E-state index is 13.1. The summed E-state index contributed by atoms with van der Waals surface area (Å²) in [6.07, 6.45) is 10.7. The van der Waals surface area contributed by atoms with Crippen molar-refractivity contribution in [1.82, 2.24) is 14.8 Å². The van der Waals surface area contributed by atoms with Crippen molar-refractivity contribution in [2.24, 2.45) is 5.92 Å². The number of aromatic nitrogens is 1. The molecule has 1 atom stereocenters. The van der Waals surface area contributed by atoms with Crippen molar-refractivity contribution in [1.29, 1.82) is 0 Å². The summed E-state index contributed by atoms with van der Waals surface area (Å²) in [6.45, 7) is 3.98. The van der Waals surface area contributed by atoms with E-state index in [0.717, 1.165) is 50.6 Å². The van der Waals surface area contributed by atoms with Crippen molar-refractivity contribution in [3.8, 4) is 0 Å². The van der Waals surface area contributed by atoms with Crippen LogP contribution in [0.25, 0.3) is 0 Å². The summed E-state index contributed by atoms with van der Waals surface area (Å²) in [6, 6.07) is 3.61. The Bertz CT molecular complexity index is 584. The molecule has 0 N–H and O–H groups in total. The lowest BCUT2D eigenvalue weighted by Gasteiger charge is -2.33. The fourth-order valence-corrected chi connectivity index (χ4v) is 4.14. The Labute approximate surface area is 150 Å². The zero-order valence-corrected chi connectivity index (χ0v) is 15.2. The molecule has 0 bridgehead atoms. The van der Waals surface area contributed by atoms with Gasteiger partial charge in [-0.2, -0.15) is 0 Å². The lowest BCUT2D eigenvalue weighted by Crippen LogP contribution is -2.49. The average molecular weight is 343 g/mol. The van der Waals surface area contributed by atoms with Crippen LogP contribution in [0.5, 0.6) is 0 Å². The topological polar surface area (TPSA) is 53.5 Å². The van der Waals surface area contributed by atoms with Gasteiger partial charge in [0.15, 0.2) is 0 Å². The smallest absolute Gasteiger partial charge is 0.245 e. The molecule has 2 amide bonds. The van der Waals surface area contributed by atoms with Gasteiger partial charge in [-0.3, -0.25) is 14.6 Å². The lowest BCUT2D eigenvalue weighted by atomic mass is 9.88. The van der Waals surface area contributed by atoms with Crippen molar-refractivity contribution in [2.75, 3.05) is 13.1 Å². The van der Waals surface area contributed by atoms with E-state index in [1.54, 1.807) is 12.4 Å². The Morgan fingerprint density at radius 2 is 1.84 bits per heavy atom. The van der Waals surface area contributed by atoms with Crippen LogP contribution in [0.4, 0.5) is 0 Å². The first kappa shape index (κ1) is 17.9. The second-order valence-electron chi connectivity index (χ2n) is 7.23. The number of likely N-dealkylation sites (tertiary alicyclic amines) is 1. The fourth-order valence-electron chi connectivity index (χ4n) is 4.14. The minimum atomic E-state index is -0.267. The third-order valence-electron chi connectivity index (χ3n) is 5.59. The summed E-state index contributed by atoms with van der Waals surface area (Å²) in [5, 5.41) is 0. The number of pyridine rings is 1. The van der Waals surface area contributed by atoms with E-state index in [1.165, 1.54) is 6.42 Å². The molecule has 1 aliphatic heterocycles. The molecule has 1 aromatic rings. The Kier molecular flexibility index (Phi) is 6.05. The summed E-state index contributed by atoms with van der Waals surface area (Å²) in [5.41, 5.74) is 1.08. The van der Waals surface area contributed by atoms with Crippen molar-refractivity contribution < 1.29 is 9.59 Å². The SMILES string of the molecule is CCN(Cc1ccncc1)C(=O)[C@@H]1CCCN1C(=O)C1CCCCC1. The van der Waals surface area contributed by atoms with Gasteiger partial charge in [0.1, 0.15) is 6.04 Å². The summed E-state index contributed by atoms with van der Waals surface area (Å²) < 4.78 is 0. The first-order valence-corrected chi connectivity index (χ1v) is 9.69. The molecule has 1 aromatic heterocycles. The van der Waals surface area contributed by atoms with Gasteiger partial charge in [-0.1, -0.05) is 19.3 Å². The number of carbonyl (C=O) groups excluding carboxylic acids is 2. The van der Waals surface area contributed by atoms with Crippen molar-refractivity contribution in [2.45, 2.75) is 64.5 Å². The van der Waals surface area contributed by atoms with Crippen LogP contribution in [0.3, 0.4) is 0 Å². The van der Waals surface area contributed by atoms with Gasteiger partial charge in [-0.25, -0.2) is 0 Å². The van der Waals surface area contributed by atoms with E-state index in [1.807, 2.05) is 28.9 Å². The van der Waals surface area contributed by atoms with Gasteiger partial charge in [-0.05, 0) is 50.3 Å². The number of hydrogen-bond donors (Lipinski definition) is 0. The predicted molar refractivity (Wildman–Crippen MR) is 96.6 cm³/mol. The molecule has 5 heteroatoms. The zero-order valence-electron chi connectivity index (χ0n) is 15.2. The maximum atomic E-state index is 13.1. The molecule has 0 spiro atoms. The Hall–Kier alpha value is -1.91. The van der Waals surface area contributed by atoms with Gasteiger partial charge < -0.3 is 9.80 Å². The van der Waals surface area contributed by atoms with Gasteiger partial charge in [0.2, 0.25) is 11.8 Å². The zero-order chi connectivity index (χ0) is 17.6. The Balaban J connectivity index is 1.67.